The van der Waals surface area contributed by atoms with Crippen LogP contribution in [-0.2, 0) is 12.1 Å². The lowest BCUT2D eigenvalue weighted by Gasteiger charge is -2.24. The van der Waals surface area contributed by atoms with Gasteiger partial charge in [-0.3, -0.25) is 0 Å². The summed E-state index contributed by atoms with van der Waals surface area (Å²) in [6, 6.07) is 5.36. The van der Waals surface area contributed by atoms with Gasteiger partial charge in [-0.25, -0.2) is 4.98 Å². The van der Waals surface area contributed by atoms with Crippen molar-refractivity contribution in [2.75, 3.05) is 7.11 Å². The van der Waals surface area contributed by atoms with E-state index in [1.165, 1.54) is 0 Å². The van der Waals surface area contributed by atoms with Crippen LogP contribution < -0.4 is 10.1 Å². The van der Waals surface area contributed by atoms with Crippen molar-refractivity contribution < 1.29 is 9.84 Å². The molecule has 2 N–H and O–H groups in total. The molecule has 0 fully saturated rings. The van der Waals surface area contributed by atoms with Crippen LogP contribution in [0.15, 0.2) is 29.8 Å². The van der Waals surface area contributed by atoms with Crippen molar-refractivity contribution >= 4 is 11.3 Å². The summed E-state index contributed by atoms with van der Waals surface area (Å²) in [6.45, 7) is 4.89. The maximum atomic E-state index is 9.56. The molecular weight excluding hydrogens is 260 g/mol. The van der Waals surface area contributed by atoms with Crippen molar-refractivity contribution in [2.45, 2.75) is 25.9 Å². The predicted molar refractivity (Wildman–Crippen MR) is 76.6 cm³/mol. The van der Waals surface area contributed by atoms with Gasteiger partial charge in [0.05, 0.1) is 12.6 Å². The molecule has 0 saturated heterocycles. The minimum absolute atomic E-state index is 0.158. The van der Waals surface area contributed by atoms with E-state index in [0.717, 1.165) is 10.6 Å². The summed E-state index contributed by atoms with van der Waals surface area (Å²) in [6.07, 6.45) is 1.81. The zero-order valence-corrected chi connectivity index (χ0v) is 12.1. The van der Waals surface area contributed by atoms with Gasteiger partial charge >= 0.3 is 0 Å². The normalized spacial score (nSPS) is 11.5. The van der Waals surface area contributed by atoms with Crippen molar-refractivity contribution in [3.63, 3.8) is 0 Å². The largest absolute Gasteiger partial charge is 0.504 e. The fraction of sp³-hybridized carbons (Fsp3) is 0.357. The second-order valence-corrected chi connectivity index (χ2v) is 5.72. The van der Waals surface area contributed by atoms with Gasteiger partial charge in [0.1, 0.15) is 5.01 Å². The number of rotatable bonds is 5. The molecule has 0 aliphatic carbocycles. The Morgan fingerprint density at radius 1 is 1.42 bits per heavy atom. The minimum Gasteiger partial charge on any atom is -0.504 e. The molecule has 0 aliphatic heterocycles. The molecule has 0 spiro atoms. The molecule has 0 unspecified atom stereocenters. The molecule has 0 atom stereocenters. The molecule has 0 amide bonds. The summed E-state index contributed by atoms with van der Waals surface area (Å²) in [5.41, 5.74) is 0.874. The molecule has 0 radical (unpaired) electrons. The van der Waals surface area contributed by atoms with Gasteiger partial charge in [-0.05, 0) is 31.5 Å². The zero-order valence-electron chi connectivity index (χ0n) is 11.3. The van der Waals surface area contributed by atoms with E-state index < -0.39 is 0 Å². The van der Waals surface area contributed by atoms with Crippen molar-refractivity contribution in [2.24, 2.45) is 0 Å². The van der Waals surface area contributed by atoms with Crippen molar-refractivity contribution in [1.82, 2.24) is 10.3 Å². The van der Waals surface area contributed by atoms with Crippen LogP contribution in [0, 0.1) is 0 Å². The molecule has 0 saturated carbocycles. The monoisotopic (exact) mass is 278 g/mol. The van der Waals surface area contributed by atoms with Crippen molar-refractivity contribution in [3.8, 4) is 11.5 Å². The lowest BCUT2D eigenvalue weighted by atomic mass is 10.1. The Bertz CT molecular complexity index is 538. The molecule has 1 aromatic heterocycles. The summed E-state index contributed by atoms with van der Waals surface area (Å²) in [7, 11) is 1.55. The molecular formula is C14H18N2O2S. The van der Waals surface area contributed by atoms with E-state index in [-0.39, 0.29) is 11.3 Å². The minimum atomic E-state index is -0.181. The maximum absolute atomic E-state index is 9.56. The molecule has 102 valence electrons. The Labute approximate surface area is 117 Å². The Morgan fingerprint density at radius 3 is 2.84 bits per heavy atom. The standard InChI is InChI=1S/C14H18N2O2S/c1-14(2,13-15-6-7-19-13)16-9-10-4-5-11(17)12(8-10)18-3/h4-8,16-17H,9H2,1-3H3. The topological polar surface area (TPSA) is 54.4 Å². The lowest BCUT2D eigenvalue weighted by Crippen LogP contribution is -2.35. The first kappa shape index (κ1) is 13.8. The van der Waals surface area contributed by atoms with E-state index in [9.17, 15) is 5.11 Å². The second kappa shape index (κ2) is 5.59. The van der Waals surface area contributed by atoms with Crippen molar-refractivity contribution in [3.05, 3.63) is 40.3 Å². The van der Waals surface area contributed by atoms with Gasteiger partial charge in [-0.1, -0.05) is 6.07 Å². The molecule has 1 heterocycles. The molecule has 2 rings (SSSR count). The smallest absolute Gasteiger partial charge is 0.160 e. The number of phenolic OH excluding ortho intramolecular Hbond substituents is 1. The van der Waals surface area contributed by atoms with Gasteiger partial charge in [0.25, 0.3) is 0 Å². The summed E-state index contributed by atoms with van der Waals surface area (Å²) < 4.78 is 5.10. The van der Waals surface area contributed by atoms with Crippen LogP contribution in [0.1, 0.15) is 24.4 Å². The number of hydrogen-bond acceptors (Lipinski definition) is 5. The molecule has 1 aromatic carbocycles. The quantitative estimate of drug-likeness (QED) is 0.883. The number of thiazole rings is 1. The number of benzene rings is 1. The van der Waals surface area contributed by atoms with Gasteiger partial charge in [-0.2, -0.15) is 0 Å². The first-order valence-electron chi connectivity index (χ1n) is 6.04. The Morgan fingerprint density at radius 2 is 2.21 bits per heavy atom. The van der Waals surface area contributed by atoms with Crippen LogP contribution in [0.25, 0.3) is 0 Å². The third kappa shape index (κ3) is 3.24. The fourth-order valence-corrected chi connectivity index (χ4v) is 2.50. The van der Waals surface area contributed by atoms with Gasteiger partial charge < -0.3 is 15.2 Å². The van der Waals surface area contributed by atoms with E-state index in [2.05, 4.69) is 24.1 Å². The molecule has 4 nitrogen and oxygen atoms in total. The molecule has 5 heteroatoms. The van der Waals surface area contributed by atoms with Crippen LogP contribution in [0.4, 0.5) is 0 Å². The number of aromatic hydroxyl groups is 1. The second-order valence-electron chi connectivity index (χ2n) is 4.82. The van der Waals surface area contributed by atoms with Gasteiger partial charge in [0.2, 0.25) is 0 Å². The third-order valence-electron chi connectivity index (χ3n) is 2.95. The first-order valence-corrected chi connectivity index (χ1v) is 6.92. The molecule has 0 bridgehead atoms. The highest BCUT2D eigenvalue weighted by Gasteiger charge is 2.22. The Hall–Kier alpha value is -1.59. The fourth-order valence-electron chi connectivity index (χ4n) is 1.76. The lowest BCUT2D eigenvalue weighted by molar-refractivity contribution is 0.370. The summed E-state index contributed by atoms with van der Waals surface area (Å²) in [5, 5.41) is 16.0. The average Bonchev–Trinajstić information content (AvgIpc) is 2.92. The predicted octanol–water partition coefficient (Wildman–Crippen LogP) is 2.88. The Balaban J connectivity index is 2.06. The number of phenols is 1. The van der Waals surface area contributed by atoms with Crippen LogP contribution in [0.3, 0.4) is 0 Å². The average molecular weight is 278 g/mol. The van der Waals surface area contributed by atoms with E-state index in [1.807, 2.05) is 23.7 Å². The number of ether oxygens (including phenoxy) is 1. The highest BCUT2D eigenvalue weighted by molar-refractivity contribution is 7.09. The van der Waals surface area contributed by atoms with Crippen LogP contribution in [0.5, 0.6) is 11.5 Å². The highest BCUT2D eigenvalue weighted by atomic mass is 32.1. The van der Waals surface area contributed by atoms with Crippen LogP contribution >= 0.6 is 11.3 Å². The summed E-state index contributed by atoms with van der Waals surface area (Å²) in [4.78, 5) is 4.34. The van der Waals surface area contributed by atoms with E-state index >= 15 is 0 Å². The number of nitrogens with zero attached hydrogens (tertiary/aromatic N) is 1. The molecule has 2 aromatic rings. The molecule has 0 aliphatic rings. The summed E-state index contributed by atoms with van der Waals surface area (Å²) >= 11 is 1.64. The van der Waals surface area contributed by atoms with Crippen molar-refractivity contribution in [1.29, 1.82) is 0 Å². The number of aromatic nitrogens is 1. The maximum Gasteiger partial charge on any atom is 0.160 e. The van der Waals surface area contributed by atoms with E-state index in [4.69, 9.17) is 4.74 Å². The van der Waals surface area contributed by atoms with Gasteiger partial charge in [-0.15, -0.1) is 11.3 Å². The van der Waals surface area contributed by atoms with Crippen LogP contribution in [0.2, 0.25) is 0 Å². The van der Waals surface area contributed by atoms with E-state index in [1.54, 1.807) is 24.5 Å². The van der Waals surface area contributed by atoms with Gasteiger partial charge in [0.15, 0.2) is 11.5 Å². The SMILES string of the molecule is COc1cc(CNC(C)(C)c2nccs2)ccc1O. The Kier molecular flexibility index (Phi) is 4.07. The third-order valence-corrected chi connectivity index (χ3v) is 4.04. The van der Waals surface area contributed by atoms with E-state index in [0.29, 0.717) is 12.3 Å². The molecule has 19 heavy (non-hydrogen) atoms. The zero-order chi connectivity index (χ0) is 13.9. The van der Waals surface area contributed by atoms with Gasteiger partial charge in [0, 0.05) is 18.1 Å². The summed E-state index contributed by atoms with van der Waals surface area (Å²) in [5.74, 6) is 0.650. The number of hydrogen-bond donors (Lipinski definition) is 2. The van der Waals surface area contributed by atoms with Crippen LogP contribution in [-0.4, -0.2) is 17.2 Å². The first-order chi connectivity index (χ1) is 9.03. The number of nitrogens with one attached hydrogen (secondary N) is 1. The highest BCUT2D eigenvalue weighted by Crippen LogP contribution is 2.27. The number of methoxy groups -OCH3 is 1.